The molecule has 6 nitrogen and oxygen atoms in total. The maximum Gasteiger partial charge on any atom is 0.214 e. The molecular weight excluding hydrogens is 310 g/mol. The highest BCUT2D eigenvalue weighted by Gasteiger charge is 2.13. The molecule has 2 aromatic rings. The third kappa shape index (κ3) is 4.94. The van der Waals surface area contributed by atoms with Crippen molar-refractivity contribution in [1.82, 2.24) is 25.1 Å². The van der Waals surface area contributed by atoms with E-state index < -0.39 is 0 Å². The van der Waals surface area contributed by atoms with Gasteiger partial charge in [-0.1, -0.05) is 37.7 Å². The number of benzene rings is 1. The molecule has 126 valence electrons. The van der Waals surface area contributed by atoms with Crippen molar-refractivity contribution >= 4 is 11.8 Å². The molecule has 1 aromatic heterocycles. The molecule has 0 fully saturated rings. The summed E-state index contributed by atoms with van der Waals surface area (Å²) in [6, 6.07) is 7.83. The maximum atomic E-state index is 5.67. The zero-order valence-electron chi connectivity index (χ0n) is 14.1. The van der Waals surface area contributed by atoms with Crippen LogP contribution in [0.1, 0.15) is 27.2 Å². The topological polar surface area (TPSA) is 56.1 Å². The average molecular weight is 335 g/mol. The van der Waals surface area contributed by atoms with Crippen LogP contribution in [0.2, 0.25) is 0 Å². The first kappa shape index (κ1) is 17.7. The molecule has 0 saturated heterocycles. The second-order valence-electron chi connectivity index (χ2n) is 5.00. The van der Waals surface area contributed by atoms with Gasteiger partial charge in [0.1, 0.15) is 11.4 Å². The molecule has 1 aromatic carbocycles. The Hall–Kier alpha value is -1.60. The normalized spacial score (nSPS) is 11.1. The van der Waals surface area contributed by atoms with Crippen molar-refractivity contribution < 1.29 is 4.74 Å². The molecule has 0 spiro atoms. The number of para-hydroxylation sites is 2. The van der Waals surface area contributed by atoms with Gasteiger partial charge in [-0.05, 0) is 55.5 Å². The Balaban J connectivity index is 2.00. The van der Waals surface area contributed by atoms with Crippen molar-refractivity contribution in [3.05, 3.63) is 24.3 Å². The number of hydrogen-bond donors (Lipinski definition) is 0. The summed E-state index contributed by atoms with van der Waals surface area (Å²) in [4.78, 5) is 2.42. The number of thioether (sulfide) groups is 1. The molecule has 0 radical (unpaired) electrons. The molecule has 0 atom stereocenters. The van der Waals surface area contributed by atoms with Crippen LogP contribution in [0.4, 0.5) is 0 Å². The van der Waals surface area contributed by atoms with Gasteiger partial charge >= 0.3 is 0 Å². The highest BCUT2D eigenvalue weighted by molar-refractivity contribution is 7.99. The Morgan fingerprint density at radius 1 is 1.17 bits per heavy atom. The molecule has 0 N–H and O–H groups in total. The van der Waals surface area contributed by atoms with E-state index in [1.54, 1.807) is 16.4 Å². The van der Waals surface area contributed by atoms with E-state index in [4.69, 9.17) is 4.74 Å². The van der Waals surface area contributed by atoms with Crippen molar-refractivity contribution in [2.24, 2.45) is 0 Å². The van der Waals surface area contributed by atoms with Gasteiger partial charge in [0.15, 0.2) is 0 Å². The highest BCUT2D eigenvalue weighted by Crippen LogP contribution is 2.26. The molecule has 0 saturated carbocycles. The lowest BCUT2D eigenvalue weighted by Gasteiger charge is -2.17. The minimum atomic E-state index is 0.617. The number of tetrazole rings is 1. The summed E-state index contributed by atoms with van der Waals surface area (Å²) in [5.41, 5.74) is 0.880. The Labute approximate surface area is 142 Å². The molecule has 0 amide bonds. The second kappa shape index (κ2) is 9.52. The summed E-state index contributed by atoms with van der Waals surface area (Å²) in [5.74, 6) is 1.79. The fraction of sp³-hybridized carbons (Fsp3) is 0.562. The van der Waals surface area contributed by atoms with Crippen LogP contribution in [0.25, 0.3) is 5.69 Å². The smallest absolute Gasteiger partial charge is 0.214 e. The quantitative estimate of drug-likeness (QED) is 0.491. The Bertz CT molecular complexity index is 585. The zero-order valence-corrected chi connectivity index (χ0v) is 14.9. The lowest BCUT2D eigenvalue weighted by Crippen LogP contribution is -2.24. The third-order valence-electron chi connectivity index (χ3n) is 3.58. The van der Waals surface area contributed by atoms with Crippen molar-refractivity contribution in [1.29, 1.82) is 0 Å². The summed E-state index contributed by atoms with van der Waals surface area (Å²) in [6.07, 6.45) is 1.12. The fourth-order valence-electron chi connectivity index (χ4n) is 2.32. The Morgan fingerprint density at radius 2 is 1.96 bits per heavy atom. The maximum absolute atomic E-state index is 5.67. The number of nitrogens with zero attached hydrogens (tertiary/aromatic N) is 5. The van der Waals surface area contributed by atoms with Crippen LogP contribution in [0.3, 0.4) is 0 Å². The van der Waals surface area contributed by atoms with Gasteiger partial charge in [0.25, 0.3) is 0 Å². The first-order valence-electron chi connectivity index (χ1n) is 8.15. The summed E-state index contributed by atoms with van der Waals surface area (Å²) in [6.45, 7) is 10.3. The van der Waals surface area contributed by atoms with E-state index in [2.05, 4.69) is 34.3 Å². The van der Waals surface area contributed by atoms with Crippen LogP contribution >= 0.6 is 11.8 Å². The van der Waals surface area contributed by atoms with Gasteiger partial charge < -0.3 is 9.64 Å². The molecule has 0 aliphatic heterocycles. The minimum absolute atomic E-state index is 0.617. The SMILES string of the molecule is CCOc1ccccc1-n1nnnc1SCCCN(CC)CC. The lowest BCUT2D eigenvalue weighted by atomic mass is 10.3. The van der Waals surface area contributed by atoms with Gasteiger partial charge in [0, 0.05) is 5.75 Å². The van der Waals surface area contributed by atoms with Gasteiger partial charge in [-0.2, -0.15) is 4.68 Å². The fourth-order valence-corrected chi connectivity index (χ4v) is 3.13. The van der Waals surface area contributed by atoms with Crippen LogP contribution in [-0.4, -0.2) is 57.1 Å². The molecule has 23 heavy (non-hydrogen) atoms. The molecule has 0 unspecified atom stereocenters. The van der Waals surface area contributed by atoms with Gasteiger partial charge in [-0.25, -0.2) is 0 Å². The summed E-state index contributed by atoms with van der Waals surface area (Å²) in [5, 5.41) is 12.9. The van der Waals surface area contributed by atoms with Crippen molar-refractivity contribution in [3.63, 3.8) is 0 Å². The zero-order chi connectivity index (χ0) is 16.5. The van der Waals surface area contributed by atoms with Gasteiger partial charge in [0.05, 0.1) is 6.61 Å². The number of aromatic nitrogens is 4. The van der Waals surface area contributed by atoms with E-state index >= 15 is 0 Å². The van der Waals surface area contributed by atoms with Crippen LogP contribution in [-0.2, 0) is 0 Å². The molecule has 0 aliphatic carbocycles. The summed E-state index contributed by atoms with van der Waals surface area (Å²) < 4.78 is 7.43. The number of rotatable bonds is 10. The van der Waals surface area contributed by atoms with E-state index in [0.717, 1.165) is 48.4 Å². The molecule has 0 bridgehead atoms. The van der Waals surface area contributed by atoms with Gasteiger partial charge in [-0.15, -0.1) is 5.10 Å². The van der Waals surface area contributed by atoms with E-state index in [0.29, 0.717) is 6.61 Å². The predicted molar refractivity (Wildman–Crippen MR) is 93.5 cm³/mol. The van der Waals surface area contributed by atoms with E-state index in [9.17, 15) is 0 Å². The van der Waals surface area contributed by atoms with Crippen molar-refractivity contribution in [3.8, 4) is 11.4 Å². The third-order valence-corrected chi connectivity index (χ3v) is 4.58. The largest absolute Gasteiger partial charge is 0.492 e. The number of ether oxygens (including phenoxy) is 1. The summed E-state index contributed by atoms with van der Waals surface area (Å²) >= 11 is 1.68. The standard InChI is InChI=1S/C16H25N5OS/c1-4-20(5-2)12-9-13-23-16-17-18-19-21(16)14-10-7-8-11-15(14)22-6-3/h7-8,10-11H,4-6,9,12-13H2,1-3H3. The molecule has 1 heterocycles. The van der Waals surface area contributed by atoms with Crippen LogP contribution in [0.5, 0.6) is 5.75 Å². The van der Waals surface area contributed by atoms with E-state index in [1.165, 1.54) is 0 Å². The predicted octanol–water partition coefficient (Wildman–Crippen LogP) is 2.89. The van der Waals surface area contributed by atoms with Crippen LogP contribution in [0.15, 0.2) is 29.4 Å². The Kier molecular flexibility index (Phi) is 7.35. The molecule has 2 rings (SSSR count). The second-order valence-corrected chi connectivity index (χ2v) is 6.06. The van der Waals surface area contributed by atoms with Gasteiger partial charge in [0.2, 0.25) is 5.16 Å². The highest BCUT2D eigenvalue weighted by atomic mass is 32.2. The van der Waals surface area contributed by atoms with Crippen LogP contribution in [0, 0.1) is 0 Å². The van der Waals surface area contributed by atoms with Gasteiger partial charge in [-0.3, -0.25) is 0 Å². The molecular formula is C16H25N5OS. The molecule has 7 heteroatoms. The van der Waals surface area contributed by atoms with Crippen LogP contribution < -0.4 is 4.74 Å². The first-order chi connectivity index (χ1) is 11.3. The van der Waals surface area contributed by atoms with E-state index in [1.807, 2.05) is 31.2 Å². The monoisotopic (exact) mass is 335 g/mol. The van der Waals surface area contributed by atoms with Crippen molar-refractivity contribution in [2.45, 2.75) is 32.3 Å². The van der Waals surface area contributed by atoms with Crippen molar-refractivity contribution in [2.75, 3.05) is 32.0 Å². The number of hydrogen-bond acceptors (Lipinski definition) is 6. The lowest BCUT2D eigenvalue weighted by molar-refractivity contribution is 0.305. The minimum Gasteiger partial charge on any atom is -0.492 e. The average Bonchev–Trinajstić information content (AvgIpc) is 3.04. The first-order valence-corrected chi connectivity index (χ1v) is 9.14. The Morgan fingerprint density at radius 3 is 2.70 bits per heavy atom. The molecule has 0 aliphatic rings. The van der Waals surface area contributed by atoms with E-state index in [-0.39, 0.29) is 0 Å². The summed E-state index contributed by atoms with van der Waals surface area (Å²) in [7, 11) is 0.